The van der Waals surface area contributed by atoms with Gasteiger partial charge in [0.1, 0.15) is 6.29 Å². The first kappa shape index (κ1) is 10.2. The van der Waals surface area contributed by atoms with Gasteiger partial charge in [0.15, 0.2) is 0 Å². The number of carbonyl (C=O) groups is 1. The molecular formula is C10H16O. The molecule has 62 valence electrons. The van der Waals surface area contributed by atoms with E-state index in [4.69, 9.17) is 0 Å². The molecule has 0 fully saturated rings. The zero-order valence-electron chi connectivity index (χ0n) is 7.34. The molecule has 1 atom stereocenters. The third-order valence-electron chi connectivity index (χ3n) is 1.77. The number of rotatable bonds is 5. The maximum atomic E-state index is 10.1. The Morgan fingerprint density at radius 3 is 2.73 bits per heavy atom. The molecule has 0 saturated carbocycles. The molecule has 0 saturated heterocycles. The first-order valence-electron chi connectivity index (χ1n) is 3.94. The minimum absolute atomic E-state index is 0.427. The summed E-state index contributed by atoms with van der Waals surface area (Å²) in [5, 5.41) is 0. The molecule has 0 aliphatic rings. The van der Waals surface area contributed by atoms with Crippen LogP contribution in [0.5, 0.6) is 0 Å². The molecule has 0 unspecified atom stereocenters. The molecule has 0 aliphatic heterocycles. The van der Waals surface area contributed by atoms with Gasteiger partial charge in [-0.05, 0) is 19.3 Å². The molecular weight excluding hydrogens is 136 g/mol. The van der Waals surface area contributed by atoms with Crippen molar-refractivity contribution in [3.8, 4) is 0 Å². The summed E-state index contributed by atoms with van der Waals surface area (Å²) in [4.78, 5) is 10.1. The molecule has 0 amide bonds. The van der Waals surface area contributed by atoms with E-state index in [9.17, 15) is 4.79 Å². The summed E-state index contributed by atoms with van der Waals surface area (Å²) in [6.45, 7) is 7.92. The Morgan fingerprint density at radius 2 is 2.27 bits per heavy atom. The van der Waals surface area contributed by atoms with Gasteiger partial charge < -0.3 is 4.79 Å². The molecule has 11 heavy (non-hydrogen) atoms. The highest BCUT2D eigenvalue weighted by atomic mass is 16.1. The average molecular weight is 152 g/mol. The topological polar surface area (TPSA) is 17.1 Å². The smallest absolute Gasteiger partial charge is 0.124 e. The van der Waals surface area contributed by atoms with E-state index in [-0.39, 0.29) is 0 Å². The normalized spacial score (nSPS) is 13.3. The lowest BCUT2D eigenvalue weighted by atomic mass is 9.97. The van der Waals surface area contributed by atoms with Gasteiger partial charge in [0.2, 0.25) is 0 Å². The maximum absolute atomic E-state index is 10.1. The zero-order chi connectivity index (χ0) is 8.69. The molecule has 0 N–H and O–H groups in total. The highest BCUT2D eigenvalue weighted by Gasteiger charge is 2.02. The van der Waals surface area contributed by atoms with Crippen molar-refractivity contribution < 1.29 is 4.79 Å². The summed E-state index contributed by atoms with van der Waals surface area (Å²) in [6, 6.07) is 0. The van der Waals surface area contributed by atoms with E-state index < -0.39 is 0 Å². The van der Waals surface area contributed by atoms with Crippen LogP contribution in [0.15, 0.2) is 24.3 Å². The minimum atomic E-state index is 0.427. The van der Waals surface area contributed by atoms with Gasteiger partial charge in [-0.2, -0.15) is 0 Å². The van der Waals surface area contributed by atoms with E-state index >= 15 is 0 Å². The Hall–Kier alpha value is -0.850. The number of carbonyl (C=O) groups excluding carboxylic acids is 1. The SMILES string of the molecule is C=C(CC=O)[C@H](C)C/C=C/C. The Kier molecular flexibility index (Phi) is 5.44. The Labute approximate surface area is 68.8 Å². The number of hydrogen-bond donors (Lipinski definition) is 0. The maximum Gasteiger partial charge on any atom is 0.124 e. The van der Waals surface area contributed by atoms with Crippen molar-refractivity contribution in [3.05, 3.63) is 24.3 Å². The summed E-state index contributed by atoms with van der Waals surface area (Å²) in [6.07, 6.45) is 6.52. The fraction of sp³-hybridized carbons (Fsp3) is 0.500. The quantitative estimate of drug-likeness (QED) is 0.437. The van der Waals surface area contributed by atoms with E-state index in [1.807, 2.05) is 13.0 Å². The summed E-state index contributed by atoms with van der Waals surface area (Å²) in [5.41, 5.74) is 1.03. The Bertz CT molecular complexity index is 156. The highest BCUT2D eigenvalue weighted by molar-refractivity contribution is 5.54. The lowest BCUT2D eigenvalue weighted by molar-refractivity contribution is -0.107. The van der Waals surface area contributed by atoms with Crippen LogP contribution in [-0.4, -0.2) is 6.29 Å². The van der Waals surface area contributed by atoms with E-state index in [1.54, 1.807) is 0 Å². The third kappa shape index (κ3) is 4.54. The van der Waals surface area contributed by atoms with Crippen LogP contribution in [0.2, 0.25) is 0 Å². The van der Waals surface area contributed by atoms with Crippen molar-refractivity contribution in [2.24, 2.45) is 5.92 Å². The molecule has 0 bridgehead atoms. The van der Waals surface area contributed by atoms with Crippen LogP contribution in [0.4, 0.5) is 0 Å². The first-order valence-corrected chi connectivity index (χ1v) is 3.94. The predicted octanol–water partition coefficient (Wildman–Crippen LogP) is 2.73. The van der Waals surface area contributed by atoms with Crippen LogP contribution in [0.1, 0.15) is 26.7 Å². The van der Waals surface area contributed by atoms with Gasteiger partial charge in [0.25, 0.3) is 0 Å². The van der Waals surface area contributed by atoms with Gasteiger partial charge in [-0.25, -0.2) is 0 Å². The lowest BCUT2D eigenvalue weighted by Gasteiger charge is -2.08. The van der Waals surface area contributed by atoms with Crippen LogP contribution in [0.25, 0.3) is 0 Å². The molecule has 0 spiro atoms. The fourth-order valence-electron chi connectivity index (χ4n) is 0.815. The van der Waals surface area contributed by atoms with Crippen LogP contribution < -0.4 is 0 Å². The van der Waals surface area contributed by atoms with E-state index in [0.29, 0.717) is 12.3 Å². The molecule has 0 aromatic carbocycles. The van der Waals surface area contributed by atoms with Crippen LogP contribution in [0, 0.1) is 5.92 Å². The van der Waals surface area contributed by atoms with E-state index in [2.05, 4.69) is 19.6 Å². The van der Waals surface area contributed by atoms with Gasteiger partial charge in [0.05, 0.1) is 0 Å². The summed E-state index contributed by atoms with van der Waals surface area (Å²) in [7, 11) is 0. The largest absolute Gasteiger partial charge is 0.303 e. The number of allylic oxidation sites excluding steroid dienone is 3. The van der Waals surface area contributed by atoms with Crippen LogP contribution in [-0.2, 0) is 4.79 Å². The van der Waals surface area contributed by atoms with E-state index in [1.165, 1.54) is 0 Å². The van der Waals surface area contributed by atoms with Crippen molar-refractivity contribution in [1.82, 2.24) is 0 Å². The van der Waals surface area contributed by atoms with E-state index in [0.717, 1.165) is 18.3 Å². The van der Waals surface area contributed by atoms with Crippen molar-refractivity contribution in [3.63, 3.8) is 0 Å². The first-order chi connectivity index (χ1) is 5.22. The standard InChI is InChI=1S/C10H16O/c1-4-5-6-9(2)10(3)7-8-11/h4-5,8-9H,3,6-7H2,1-2H3/b5-4+/t9-/m1/s1. The summed E-state index contributed by atoms with van der Waals surface area (Å²) in [5.74, 6) is 0.427. The van der Waals surface area contributed by atoms with Crippen LogP contribution >= 0.6 is 0 Å². The predicted molar refractivity (Wildman–Crippen MR) is 48.4 cm³/mol. The number of aldehydes is 1. The molecule has 1 nitrogen and oxygen atoms in total. The Balaban J connectivity index is 3.72. The summed E-state index contributed by atoms with van der Waals surface area (Å²) >= 11 is 0. The van der Waals surface area contributed by atoms with Crippen molar-refractivity contribution in [1.29, 1.82) is 0 Å². The molecule has 0 aromatic heterocycles. The molecule has 0 rings (SSSR count). The van der Waals surface area contributed by atoms with Gasteiger partial charge >= 0.3 is 0 Å². The molecule has 0 aliphatic carbocycles. The summed E-state index contributed by atoms with van der Waals surface area (Å²) < 4.78 is 0. The fourth-order valence-corrected chi connectivity index (χ4v) is 0.815. The van der Waals surface area contributed by atoms with Crippen molar-refractivity contribution >= 4 is 6.29 Å². The van der Waals surface area contributed by atoms with Gasteiger partial charge in [-0.15, -0.1) is 0 Å². The van der Waals surface area contributed by atoms with Crippen molar-refractivity contribution in [2.45, 2.75) is 26.7 Å². The second-order valence-electron chi connectivity index (χ2n) is 2.73. The number of hydrogen-bond acceptors (Lipinski definition) is 1. The van der Waals surface area contributed by atoms with Gasteiger partial charge in [0, 0.05) is 6.42 Å². The molecule has 0 heterocycles. The van der Waals surface area contributed by atoms with Gasteiger partial charge in [-0.1, -0.05) is 31.2 Å². The van der Waals surface area contributed by atoms with Gasteiger partial charge in [-0.3, -0.25) is 0 Å². The minimum Gasteiger partial charge on any atom is -0.303 e. The highest BCUT2D eigenvalue weighted by Crippen LogP contribution is 2.15. The second-order valence-corrected chi connectivity index (χ2v) is 2.73. The Morgan fingerprint density at radius 1 is 1.64 bits per heavy atom. The molecule has 1 heteroatoms. The van der Waals surface area contributed by atoms with Crippen molar-refractivity contribution in [2.75, 3.05) is 0 Å². The van der Waals surface area contributed by atoms with Crippen LogP contribution in [0.3, 0.4) is 0 Å². The molecule has 0 radical (unpaired) electrons. The molecule has 0 aromatic rings. The second kappa shape index (κ2) is 5.90. The monoisotopic (exact) mass is 152 g/mol. The lowest BCUT2D eigenvalue weighted by Crippen LogP contribution is -1.97. The average Bonchev–Trinajstić information content (AvgIpc) is 2.00. The zero-order valence-corrected chi connectivity index (χ0v) is 7.34. The third-order valence-corrected chi connectivity index (χ3v) is 1.77.